The topological polar surface area (TPSA) is 75.8 Å². The number of aromatic nitrogens is 3. The highest BCUT2D eigenvalue weighted by Crippen LogP contribution is 2.48. The summed E-state index contributed by atoms with van der Waals surface area (Å²) in [6.07, 6.45) is 8.21. The van der Waals surface area contributed by atoms with Crippen LogP contribution in [0.15, 0.2) is 197 Å². The summed E-state index contributed by atoms with van der Waals surface area (Å²) in [5.74, 6) is 0. The maximum absolute atomic E-state index is 5.61. The summed E-state index contributed by atoms with van der Waals surface area (Å²) in [4.78, 5) is 31.2. The second kappa shape index (κ2) is 17.2. The Bertz CT molecular complexity index is 2980. The molecule has 3 heterocycles. The maximum Gasteiger partial charge on any atom is 0.0708 e. The minimum absolute atomic E-state index is 0.449. The van der Waals surface area contributed by atoms with Crippen LogP contribution >= 0.6 is 0 Å². The Morgan fingerprint density at radius 2 is 0.591 bits per heavy atom. The summed E-state index contributed by atoms with van der Waals surface area (Å²) < 4.78 is 0. The lowest BCUT2D eigenvalue weighted by molar-refractivity contribution is 0.148. The Hall–Kier alpha value is -7.44. The first-order chi connectivity index (χ1) is 31.9. The van der Waals surface area contributed by atoms with Crippen LogP contribution in [-0.4, -0.2) is 48.7 Å². The zero-order valence-electron chi connectivity index (χ0n) is 38.6. The van der Waals surface area contributed by atoms with Gasteiger partial charge in [-0.25, -0.2) is 0 Å². The predicted octanol–water partition coefficient (Wildman–Crippen LogP) is 14.6. The molecule has 0 N–H and O–H groups in total. The number of hydrogen-bond acceptors (Lipinski definition) is 6. The molecule has 1 saturated carbocycles. The fourth-order valence-electron chi connectivity index (χ4n) is 10.7. The van der Waals surface area contributed by atoms with E-state index < -0.39 is 16.6 Å². The van der Waals surface area contributed by atoms with Crippen molar-refractivity contribution < 1.29 is 0 Å². The first kappa shape index (κ1) is 42.5. The molecule has 6 heteroatoms. The van der Waals surface area contributed by atoms with Crippen LogP contribution in [0.4, 0.5) is 0 Å². The monoisotopic (exact) mass is 858 g/mol. The van der Waals surface area contributed by atoms with Gasteiger partial charge >= 0.3 is 0 Å². The summed E-state index contributed by atoms with van der Waals surface area (Å²) in [6.45, 7) is 13.3. The number of aliphatic imine (C=N–C) groups is 3. The first-order valence-corrected chi connectivity index (χ1v) is 23.0. The third-order valence-electron chi connectivity index (χ3n) is 13.3. The molecule has 0 bridgehead atoms. The lowest BCUT2D eigenvalue weighted by atomic mass is 9.65. The maximum atomic E-state index is 5.61. The van der Waals surface area contributed by atoms with E-state index in [-0.39, 0.29) is 0 Å². The Morgan fingerprint density at radius 3 is 0.848 bits per heavy atom. The van der Waals surface area contributed by atoms with Crippen molar-refractivity contribution in [1.82, 2.24) is 15.0 Å². The molecule has 0 amide bonds. The van der Waals surface area contributed by atoms with Crippen molar-refractivity contribution in [2.24, 2.45) is 15.0 Å². The van der Waals surface area contributed by atoms with Gasteiger partial charge in [-0.05, 0) is 112 Å². The van der Waals surface area contributed by atoms with Crippen molar-refractivity contribution in [3.63, 3.8) is 0 Å². The zero-order valence-corrected chi connectivity index (χ0v) is 38.6. The van der Waals surface area contributed by atoms with E-state index in [0.29, 0.717) is 0 Å². The standard InChI is InChI=1S/C60H54N6/c1-40(43-19-25-46(26-20-43)55-31-49-13-7-10-16-52(49)34-61-55)64-58(4)37-59(5,65-41(2)44-21-27-47(28-22-44)56-32-50-14-8-11-17-53(50)35-62-56)39-60(6,38-58)66-42(3)45-23-29-48(30-24-45)57-33-51-15-9-12-18-54(51)36-63-57/h7-36H,37-39H2,1-6H3. The van der Waals surface area contributed by atoms with Crippen molar-refractivity contribution in [3.8, 4) is 33.8 Å². The Labute approximate surface area is 388 Å². The average Bonchev–Trinajstić information content (AvgIpc) is 3.32. The van der Waals surface area contributed by atoms with Crippen LogP contribution < -0.4 is 0 Å². The number of pyridine rings is 3. The molecule has 1 aliphatic carbocycles. The molecule has 0 unspecified atom stereocenters. The molecule has 6 nitrogen and oxygen atoms in total. The van der Waals surface area contributed by atoms with Crippen LogP contribution in [0.2, 0.25) is 0 Å². The lowest BCUT2D eigenvalue weighted by Gasteiger charge is -2.48. The predicted molar refractivity (Wildman–Crippen MR) is 277 cm³/mol. The molecule has 1 fully saturated rings. The van der Waals surface area contributed by atoms with Gasteiger partial charge < -0.3 is 0 Å². The Kier molecular flexibility index (Phi) is 11.1. The van der Waals surface area contributed by atoms with Crippen molar-refractivity contribution in [1.29, 1.82) is 0 Å². The molecule has 0 radical (unpaired) electrons. The normalized spacial score (nSPS) is 20.5. The summed E-state index contributed by atoms with van der Waals surface area (Å²) in [5.41, 5.74) is 11.1. The van der Waals surface area contributed by atoms with Crippen LogP contribution in [0.25, 0.3) is 66.1 Å². The van der Waals surface area contributed by atoms with E-state index in [0.717, 1.165) is 103 Å². The molecule has 0 aliphatic heterocycles. The summed E-state index contributed by atoms with van der Waals surface area (Å²) in [6, 6.07) is 57.5. The molecule has 0 atom stereocenters. The molecule has 10 rings (SSSR count). The number of hydrogen-bond donors (Lipinski definition) is 0. The zero-order chi connectivity index (χ0) is 45.5. The van der Waals surface area contributed by atoms with Crippen LogP contribution in [-0.2, 0) is 0 Å². The molecule has 6 aromatic carbocycles. The Balaban J connectivity index is 0.958. The van der Waals surface area contributed by atoms with Crippen LogP contribution in [0, 0.1) is 0 Å². The third kappa shape index (κ3) is 8.96. The molecule has 0 saturated heterocycles. The molecular weight excluding hydrogens is 805 g/mol. The number of fused-ring (bicyclic) bond motifs is 3. The number of benzene rings is 6. The van der Waals surface area contributed by atoms with Gasteiger partial charge in [0.25, 0.3) is 0 Å². The number of rotatable bonds is 9. The van der Waals surface area contributed by atoms with E-state index in [1.54, 1.807) is 0 Å². The Morgan fingerprint density at radius 1 is 0.348 bits per heavy atom. The van der Waals surface area contributed by atoms with Crippen LogP contribution in [0.5, 0.6) is 0 Å². The van der Waals surface area contributed by atoms with E-state index in [1.807, 2.05) is 36.8 Å². The highest BCUT2D eigenvalue weighted by atomic mass is 15.0. The number of nitrogens with zero attached hydrogens (tertiary/aromatic N) is 6. The second-order valence-corrected chi connectivity index (χ2v) is 19.1. The largest absolute Gasteiger partial charge is 0.283 e. The van der Waals surface area contributed by atoms with E-state index in [4.69, 9.17) is 29.9 Å². The summed E-state index contributed by atoms with van der Waals surface area (Å²) in [5, 5.41) is 6.96. The van der Waals surface area contributed by atoms with Crippen LogP contribution in [0.1, 0.15) is 77.5 Å². The fraction of sp³-hybridized carbons (Fsp3) is 0.200. The van der Waals surface area contributed by atoms with Gasteiger partial charge in [-0.1, -0.05) is 146 Å². The average molecular weight is 859 g/mol. The van der Waals surface area contributed by atoms with Gasteiger partial charge in [0.05, 0.1) is 33.7 Å². The van der Waals surface area contributed by atoms with E-state index in [1.165, 1.54) is 16.2 Å². The van der Waals surface area contributed by atoms with Crippen LogP contribution in [0.3, 0.4) is 0 Å². The molecular formula is C60H54N6. The molecule has 3 aromatic heterocycles. The van der Waals surface area contributed by atoms with Crippen molar-refractivity contribution in [2.45, 2.75) is 77.4 Å². The lowest BCUT2D eigenvalue weighted by Crippen LogP contribution is -2.51. The van der Waals surface area contributed by atoms with E-state index >= 15 is 0 Å². The molecule has 1 aliphatic rings. The minimum atomic E-state index is -0.449. The molecule has 324 valence electrons. The highest BCUT2D eigenvalue weighted by Gasteiger charge is 2.49. The third-order valence-corrected chi connectivity index (χ3v) is 13.3. The second-order valence-electron chi connectivity index (χ2n) is 19.1. The van der Waals surface area contributed by atoms with Crippen molar-refractivity contribution in [2.75, 3.05) is 0 Å². The highest BCUT2D eigenvalue weighted by molar-refractivity contribution is 6.01. The first-order valence-electron chi connectivity index (χ1n) is 23.0. The van der Waals surface area contributed by atoms with Crippen molar-refractivity contribution >= 4 is 49.5 Å². The van der Waals surface area contributed by atoms with Gasteiger partial charge in [0.2, 0.25) is 0 Å². The SMILES string of the molecule is CC(=NC1(C)CC(C)(N=C(C)c2ccc(-c3cc4ccccc4cn3)cc2)CC(C)(N=C(C)c2ccc(-c3cc4ccccc4cn3)cc2)C1)c1ccc(-c2cc3ccccc3cn2)cc1. The smallest absolute Gasteiger partial charge is 0.0708 e. The van der Waals surface area contributed by atoms with Gasteiger partial charge in [0.15, 0.2) is 0 Å². The van der Waals surface area contributed by atoms with Gasteiger partial charge in [-0.3, -0.25) is 29.9 Å². The fourth-order valence-corrected chi connectivity index (χ4v) is 10.7. The minimum Gasteiger partial charge on any atom is -0.283 e. The molecule has 0 spiro atoms. The van der Waals surface area contributed by atoms with Gasteiger partial charge in [0, 0.05) is 68.6 Å². The summed E-state index contributed by atoms with van der Waals surface area (Å²) >= 11 is 0. The molecule has 9 aromatic rings. The van der Waals surface area contributed by atoms with Gasteiger partial charge in [-0.15, -0.1) is 0 Å². The van der Waals surface area contributed by atoms with E-state index in [2.05, 4.69) is 187 Å². The van der Waals surface area contributed by atoms with E-state index in [9.17, 15) is 0 Å². The van der Waals surface area contributed by atoms with Crippen molar-refractivity contribution in [3.05, 3.63) is 199 Å². The summed E-state index contributed by atoms with van der Waals surface area (Å²) in [7, 11) is 0. The quantitative estimate of drug-likeness (QED) is 0.136. The molecule has 66 heavy (non-hydrogen) atoms. The van der Waals surface area contributed by atoms with Gasteiger partial charge in [-0.2, -0.15) is 0 Å². The van der Waals surface area contributed by atoms with Gasteiger partial charge in [0.1, 0.15) is 0 Å².